The standard InChI is InChI=1S/C16H22N2O/c19-16(15-5-2-9-18(15)14-6-7-14)17-10-8-13(11-17)12-3-1-4-12/h2,5,9,12-14H,1,3-4,6-8,10-11H2. The van der Waals surface area contributed by atoms with E-state index in [9.17, 15) is 4.79 Å². The molecule has 1 amide bonds. The second kappa shape index (κ2) is 4.39. The van der Waals surface area contributed by atoms with Gasteiger partial charge in [0.25, 0.3) is 5.91 Å². The van der Waals surface area contributed by atoms with E-state index >= 15 is 0 Å². The van der Waals surface area contributed by atoms with Gasteiger partial charge in [0.15, 0.2) is 0 Å². The van der Waals surface area contributed by atoms with Crippen LogP contribution < -0.4 is 0 Å². The van der Waals surface area contributed by atoms with Gasteiger partial charge in [-0.05, 0) is 43.2 Å². The van der Waals surface area contributed by atoms with Gasteiger partial charge >= 0.3 is 0 Å². The van der Waals surface area contributed by atoms with Crippen LogP contribution in [-0.4, -0.2) is 28.5 Å². The lowest BCUT2D eigenvalue weighted by Gasteiger charge is -2.31. The Bertz CT molecular complexity index is 485. The maximum atomic E-state index is 12.6. The molecule has 0 radical (unpaired) electrons. The predicted octanol–water partition coefficient (Wildman–Crippen LogP) is 3.09. The summed E-state index contributed by atoms with van der Waals surface area (Å²) in [5.74, 6) is 1.95. The molecule has 19 heavy (non-hydrogen) atoms. The van der Waals surface area contributed by atoms with E-state index in [0.29, 0.717) is 6.04 Å². The lowest BCUT2D eigenvalue weighted by atomic mass is 9.75. The van der Waals surface area contributed by atoms with Gasteiger partial charge in [-0.1, -0.05) is 19.3 Å². The first-order chi connectivity index (χ1) is 9.33. The van der Waals surface area contributed by atoms with E-state index in [2.05, 4.69) is 15.7 Å². The van der Waals surface area contributed by atoms with Crippen molar-refractivity contribution in [2.45, 2.75) is 44.6 Å². The zero-order valence-electron chi connectivity index (χ0n) is 11.4. The molecule has 102 valence electrons. The van der Waals surface area contributed by atoms with Crippen LogP contribution in [0.4, 0.5) is 0 Å². The first kappa shape index (κ1) is 11.6. The summed E-state index contributed by atoms with van der Waals surface area (Å²) in [5, 5.41) is 0. The van der Waals surface area contributed by atoms with Crippen LogP contribution in [0.5, 0.6) is 0 Å². The molecule has 0 spiro atoms. The largest absolute Gasteiger partial charge is 0.340 e. The van der Waals surface area contributed by atoms with Crippen molar-refractivity contribution < 1.29 is 4.79 Å². The minimum Gasteiger partial charge on any atom is -0.340 e. The third-order valence-electron chi connectivity index (χ3n) is 5.27. The maximum Gasteiger partial charge on any atom is 0.270 e. The summed E-state index contributed by atoms with van der Waals surface area (Å²) in [6.45, 7) is 1.97. The number of carbonyl (C=O) groups excluding carboxylic acids is 1. The number of likely N-dealkylation sites (tertiary alicyclic amines) is 1. The average molecular weight is 258 g/mol. The smallest absolute Gasteiger partial charge is 0.270 e. The highest BCUT2D eigenvalue weighted by Gasteiger charge is 2.36. The monoisotopic (exact) mass is 258 g/mol. The van der Waals surface area contributed by atoms with E-state index in [1.165, 1.54) is 38.5 Å². The van der Waals surface area contributed by atoms with Gasteiger partial charge in [-0.3, -0.25) is 4.79 Å². The van der Waals surface area contributed by atoms with Crippen molar-refractivity contribution in [1.82, 2.24) is 9.47 Å². The Morgan fingerprint density at radius 2 is 1.95 bits per heavy atom. The highest BCUT2D eigenvalue weighted by atomic mass is 16.2. The van der Waals surface area contributed by atoms with Crippen molar-refractivity contribution in [3.63, 3.8) is 0 Å². The van der Waals surface area contributed by atoms with E-state index in [4.69, 9.17) is 0 Å². The predicted molar refractivity (Wildman–Crippen MR) is 74.1 cm³/mol. The van der Waals surface area contributed by atoms with E-state index in [-0.39, 0.29) is 5.91 Å². The molecule has 0 bridgehead atoms. The summed E-state index contributed by atoms with van der Waals surface area (Å²) in [6.07, 6.45) is 9.96. The molecule has 1 aliphatic heterocycles. The third kappa shape index (κ3) is 1.99. The molecule has 0 aromatic carbocycles. The Hall–Kier alpha value is -1.25. The average Bonchev–Trinajstić information content (AvgIpc) is 2.90. The molecule has 3 fully saturated rings. The van der Waals surface area contributed by atoms with Crippen LogP contribution in [0.1, 0.15) is 55.1 Å². The highest BCUT2D eigenvalue weighted by molar-refractivity contribution is 5.93. The first-order valence-corrected chi connectivity index (χ1v) is 7.79. The molecule has 3 aliphatic rings. The van der Waals surface area contributed by atoms with Gasteiger partial charge in [-0.25, -0.2) is 0 Å². The first-order valence-electron chi connectivity index (χ1n) is 7.79. The zero-order chi connectivity index (χ0) is 12.8. The van der Waals surface area contributed by atoms with Gasteiger partial charge in [0.1, 0.15) is 5.69 Å². The normalized spacial score (nSPS) is 27.6. The summed E-state index contributed by atoms with van der Waals surface area (Å²) in [5.41, 5.74) is 0.914. The maximum absolute atomic E-state index is 12.6. The Balaban J connectivity index is 1.46. The van der Waals surface area contributed by atoms with Gasteiger partial charge in [-0.2, -0.15) is 0 Å². The summed E-state index contributed by atoms with van der Waals surface area (Å²) in [7, 11) is 0. The molecule has 1 aromatic rings. The minimum absolute atomic E-state index is 0.263. The van der Waals surface area contributed by atoms with Gasteiger partial charge in [0.2, 0.25) is 0 Å². The SMILES string of the molecule is O=C(c1cccn1C1CC1)N1CCC(C2CCC2)C1. The Labute approximate surface area is 114 Å². The van der Waals surface area contributed by atoms with Crippen molar-refractivity contribution in [3.05, 3.63) is 24.0 Å². The van der Waals surface area contributed by atoms with Crippen molar-refractivity contribution in [2.75, 3.05) is 13.1 Å². The van der Waals surface area contributed by atoms with Gasteiger partial charge in [-0.15, -0.1) is 0 Å². The third-order valence-corrected chi connectivity index (χ3v) is 5.27. The topological polar surface area (TPSA) is 25.2 Å². The van der Waals surface area contributed by atoms with Crippen molar-refractivity contribution in [2.24, 2.45) is 11.8 Å². The van der Waals surface area contributed by atoms with Crippen LogP contribution in [0.3, 0.4) is 0 Å². The van der Waals surface area contributed by atoms with E-state index < -0.39 is 0 Å². The summed E-state index contributed by atoms with van der Waals surface area (Å²) in [4.78, 5) is 14.7. The lowest BCUT2D eigenvalue weighted by molar-refractivity contribution is 0.0764. The molecule has 1 atom stereocenters. The van der Waals surface area contributed by atoms with Gasteiger partial charge in [0.05, 0.1) is 0 Å². The summed E-state index contributed by atoms with van der Waals surface area (Å²) >= 11 is 0. The molecule has 1 aromatic heterocycles. The molecule has 0 N–H and O–H groups in total. The number of hydrogen-bond acceptors (Lipinski definition) is 1. The van der Waals surface area contributed by atoms with Crippen LogP contribution in [0.25, 0.3) is 0 Å². The Kier molecular flexibility index (Phi) is 2.68. The van der Waals surface area contributed by atoms with E-state index in [1.807, 2.05) is 12.1 Å². The van der Waals surface area contributed by atoms with E-state index in [0.717, 1.165) is 30.6 Å². The number of rotatable bonds is 3. The number of amides is 1. The number of nitrogens with zero attached hydrogens (tertiary/aromatic N) is 2. The number of carbonyl (C=O) groups is 1. The lowest BCUT2D eigenvalue weighted by Crippen LogP contribution is -2.32. The van der Waals surface area contributed by atoms with Crippen LogP contribution >= 0.6 is 0 Å². The highest BCUT2D eigenvalue weighted by Crippen LogP contribution is 2.39. The van der Waals surface area contributed by atoms with Crippen LogP contribution in [0.2, 0.25) is 0 Å². The van der Waals surface area contributed by atoms with Crippen molar-refractivity contribution in [3.8, 4) is 0 Å². The second-order valence-electron chi connectivity index (χ2n) is 6.52. The summed E-state index contributed by atoms with van der Waals surface area (Å²) < 4.78 is 2.19. The van der Waals surface area contributed by atoms with Crippen LogP contribution in [-0.2, 0) is 0 Å². The Morgan fingerprint density at radius 1 is 1.11 bits per heavy atom. The van der Waals surface area contributed by atoms with Crippen molar-refractivity contribution in [1.29, 1.82) is 0 Å². The molecule has 2 aliphatic carbocycles. The zero-order valence-corrected chi connectivity index (χ0v) is 11.4. The quantitative estimate of drug-likeness (QED) is 0.818. The van der Waals surface area contributed by atoms with Gasteiger partial charge < -0.3 is 9.47 Å². The van der Waals surface area contributed by atoms with Crippen LogP contribution in [0, 0.1) is 11.8 Å². The van der Waals surface area contributed by atoms with E-state index in [1.54, 1.807) is 0 Å². The Morgan fingerprint density at radius 3 is 2.63 bits per heavy atom. The molecule has 3 nitrogen and oxygen atoms in total. The second-order valence-corrected chi connectivity index (χ2v) is 6.52. The number of aromatic nitrogens is 1. The van der Waals surface area contributed by atoms with Crippen molar-refractivity contribution >= 4 is 5.91 Å². The molecule has 2 saturated carbocycles. The molecular weight excluding hydrogens is 236 g/mol. The van der Waals surface area contributed by atoms with Gasteiger partial charge in [0, 0.05) is 25.3 Å². The molecule has 3 heteroatoms. The van der Waals surface area contributed by atoms with Crippen LogP contribution in [0.15, 0.2) is 18.3 Å². The molecule has 1 unspecified atom stereocenters. The number of hydrogen-bond donors (Lipinski definition) is 0. The molecule has 1 saturated heterocycles. The molecule has 2 heterocycles. The fourth-order valence-electron chi connectivity index (χ4n) is 3.68. The molecule has 4 rings (SSSR count). The fourth-order valence-corrected chi connectivity index (χ4v) is 3.68. The fraction of sp³-hybridized carbons (Fsp3) is 0.688. The molecular formula is C16H22N2O. The summed E-state index contributed by atoms with van der Waals surface area (Å²) in [6, 6.07) is 4.61. The minimum atomic E-state index is 0.263.